The lowest BCUT2D eigenvalue weighted by Crippen LogP contribution is -2.25. The summed E-state index contributed by atoms with van der Waals surface area (Å²) in [5, 5.41) is 0.437. The van der Waals surface area contributed by atoms with Crippen LogP contribution >= 0.6 is 0 Å². The summed E-state index contributed by atoms with van der Waals surface area (Å²) in [5.74, 6) is -0.0303. The van der Waals surface area contributed by atoms with Gasteiger partial charge in [0.05, 0.1) is 11.2 Å². The van der Waals surface area contributed by atoms with Crippen LogP contribution in [-0.4, -0.2) is 45.7 Å². The van der Waals surface area contributed by atoms with Crippen molar-refractivity contribution in [2.75, 3.05) is 23.9 Å². The Morgan fingerprint density at radius 1 is 1.00 bits per heavy atom. The number of likely N-dealkylation sites (tertiary alicyclic amines) is 1. The van der Waals surface area contributed by atoms with Crippen LogP contribution in [0.15, 0.2) is 11.1 Å². The number of hydrogen-bond acceptors (Lipinski definition) is 5. The van der Waals surface area contributed by atoms with Crippen molar-refractivity contribution >= 4 is 19.7 Å². The van der Waals surface area contributed by atoms with Crippen molar-refractivity contribution in [1.29, 1.82) is 0 Å². The molecule has 0 aromatic heterocycles. The second-order valence-electron chi connectivity index (χ2n) is 4.64. The maximum Gasteiger partial charge on any atom is 0.187 e. The third kappa shape index (κ3) is 3.45. The molecule has 0 aliphatic carbocycles. The summed E-state index contributed by atoms with van der Waals surface area (Å²) in [6.45, 7) is 1.77. The van der Waals surface area contributed by atoms with E-state index in [-0.39, 0.29) is 5.75 Å². The van der Waals surface area contributed by atoms with Gasteiger partial charge in [0.15, 0.2) is 24.8 Å². The number of nitrogens with zero attached hydrogens (tertiary/aromatic N) is 1. The van der Waals surface area contributed by atoms with E-state index in [1.165, 1.54) is 5.41 Å². The molecule has 0 atom stereocenters. The molecule has 2 rings (SSSR count). The number of allylic oxidation sites excluding steroid dienone is 1. The quantitative estimate of drug-likeness (QED) is 0.699. The molecule has 98 valence electrons. The molecule has 0 aromatic carbocycles. The highest BCUT2D eigenvalue weighted by atomic mass is 32.3. The summed E-state index contributed by atoms with van der Waals surface area (Å²) < 4.78 is 46.3. The van der Waals surface area contributed by atoms with Crippen LogP contribution in [0.3, 0.4) is 0 Å². The summed E-state index contributed by atoms with van der Waals surface area (Å²) in [5.41, 5.74) is 0.789. The predicted octanol–water partition coefficient (Wildman–Crippen LogP) is 0.505. The van der Waals surface area contributed by atoms with Crippen LogP contribution in [0.4, 0.5) is 0 Å². The minimum absolute atomic E-state index is 0.0303. The summed E-state index contributed by atoms with van der Waals surface area (Å²) >= 11 is 0. The molecule has 0 spiro atoms. The topological polar surface area (TPSA) is 71.5 Å². The van der Waals surface area contributed by atoms with Crippen LogP contribution in [0.25, 0.3) is 0 Å². The van der Waals surface area contributed by atoms with Gasteiger partial charge in [-0.3, -0.25) is 0 Å². The Hall–Kier alpha value is -0.560. The smallest absolute Gasteiger partial charge is 0.187 e. The minimum atomic E-state index is -3.63. The third-order valence-electron chi connectivity index (χ3n) is 3.06. The van der Waals surface area contributed by atoms with E-state index in [1.807, 2.05) is 0 Å². The Bertz CT molecular complexity index is 513. The summed E-state index contributed by atoms with van der Waals surface area (Å²) in [6, 6.07) is 0. The highest BCUT2D eigenvalue weighted by molar-refractivity contribution is 8.09. The molecule has 0 aromatic rings. The molecular weight excluding hydrogens is 262 g/mol. The molecule has 1 fully saturated rings. The molecule has 0 N–H and O–H groups in total. The van der Waals surface area contributed by atoms with Crippen molar-refractivity contribution in [1.82, 2.24) is 4.90 Å². The van der Waals surface area contributed by atoms with E-state index in [2.05, 4.69) is 4.90 Å². The second kappa shape index (κ2) is 4.61. The zero-order chi connectivity index (χ0) is 12.5. The van der Waals surface area contributed by atoms with Gasteiger partial charge in [-0.05, 0) is 25.7 Å². The lowest BCUT2D eigenvalue weighted by molar-refractivity contribution is 0.407. The molecule has 2 aliphatic heterocycles. The molecule has 2 aliphatic rings. The molecule has 0 amide bonds. The van der Waals surface area contributed by atoms with E-state index in [4.69, 9.17) is 0 Å². The van der Waals surface area contributed by atoms with Crippen molar-refractivity contribution in [3.05, 3.63) is 11.1 Å². The Labute approximate surface area is 102 Å². The van der Waals surface area contributed by atoms with Gasteiger partial charge in [-0.15, -0.1) is 0 Å². The second-order valence-corrected chi connectivity index (χ2v) is 9.03. The average molecular weight is 279 g/mol. The van der Waals surface area contributed by atoms with Gasteiger partial charge in [-0.1, -0.05) is 0 Å². The molecule has 7 heteroatoms. The van der Waals surface area contributed by atoms with Crippen molar-refractivity contribution in [2.24, 2.45) is 0 Å². The standard InChI is InChI=1S/C10H17NO4S2/c12-16(13)7-3-4-10(8-17(14,15)9-16)11-5-1-2-6-11/h8H,1-7,9H2. The molecule has 2 heterocycles. The fourth-order valence-corrected chi connectivity index (χ4v) is 6.33. The van der Waals surface area contributed by atoms with Crippen LogP contribution in [0.1, 0.15) is 25.7 Å². The van der Waals surface area contributed by atoms with Crippen molar-refractivity contribution in [2.45, 2.75) is 25.7 Å². The normalized spacial score (nSPS) is 28.2. The predicted molar refractivity (Wildman–Crippen MR) is 65.7 cm³/mol. The van der Waals surface area contributed by atoms with Crippen LogP contribution < -0.4 is 0 Å². The summed E-state index contributed by atoms with van der Waals surface area (Å²) in [6.07, 6.45) is 3.21. The Morgan fingerprint density at radius 2 is 1.65 bits per heavy atom. The molecular formula is C10H17NO4S2. The lowest BCUT2D eigenvalue weighted by Gasteiger charge is -2.22. The average Bonchev–Trinajstić information content (AvgIpc) is 2.64. The Balaban J connectivity index is 2.29. The van der Waals surface area contributed by atoms with E-state index in [9.17, 15) is 16.8 Å². The SMILES string of the molecule is O=S1(=O)C=C(N2CCCC2)CCCS(=O)(=O)C1. The number of hydrogen-bond donors (Lipinski definition) is 0. The molecule has 5 nitrogen and oxygen atoms in total. The first-order valence-electron chi connectivity index (χ1n) is 5.77. The zero-order valence-electron chi connectivity index (χ0n) is 9.63. The van der Waals surface area contributed by atoms with Gasteiger partial charge in [0, 0.05) is 18.8 Å². The first kappa shape index (κ1) is 12.9. The molecule has 17 heavy (non-hydrogen) atoms. The van der Waals surface area contributed by atoms with Crippen LogP contribution in [0.2, 0.25) is 0 Å². The first-order valence-corrected chi connectivity index (χ1v) is 9.30. The van der Waals surface area contributed by atoms with E-state index in [0.717, 1.165) is 31.6 Å². The lowest BCUT2D eigenvalue weighted by atomic mass is 10.2. The number of sulfone groups is 2. The van der Waals surface area contributed by atoms with Crippen LogP contribution in [0.5, 0.6) is 0 Å². The molecule has 0 bridgehead atoms. The van der Waals surface area contributed by atoms with Gasteiger partial charge < -0.3 is 4.90 Å². The molecule has 0 radical (unpaired) electrons. The van der Waals surface area contributed by atoms with Gasteiger partial charge in [-0.2, -0.15) is 0 Å². The molecule has 1 saturated heterocycles. The van der Waals surface area contributed by atoms with E-state index in [1.54, 1.807) is 0 Å². The van der Waals surface area contributed by atoms with E-state index in [0.29, 0.717) is 12.8 Å². The van der Waals surface area contributed by atoms with E-state index < -0.39 is 24.8 Å². The monoisotopic (exact) mass is 279 g/mol. The fraction of sp³-hybridized carbons (Fsp3) is 0.800. The van der Waals surface area contributed by atoms with Crippen molar-refractivity contribution in [3.63, 3.8) is 0 Å². The van der Waals surface area contributed by atoms with Gasteiger partial charge in [0.1, 0.15) is 0 Å². The van der Waals surface area contributed by atoms with Crippen molar-refractivity contribution < 1.29 is 16.8 Å². The van der Waals surface area contributed by atoms with E-state index >= 15 is 0 Å². The van der Waals surface area contributed by atoms with Gasteiger partial charge >= 0.3 is 0 Å². The van der Waals surface area contributed by atoms with Gasteiger partial charge in [0.2, 0.25) is 0 Å². The highest BCUT2D eigenvalue weighted by Crippen LogP contribution is 2.22. The van der Waals surface area contributed by atoms with Gasteiger partial charge in [-0.25, -0.2) is 16.8 Å². The van der Waals surface area contributed by atoms with Crippen LogP contribution in [-0.2, 0) is 19.7 Å². The number of rotatable bonds is 1. The highest BCUT2D eigenvalue weighted by Gasteiger charge is 2.26. The minimum Gasteiger partial charge on any atom is -0.374 e. The fourth-order valence-electron chi connectivity index (χ4n) is 2.32. The molecule has 0 unspecified atom stereocenters. The largest absolute Gasteiger partial charge is 0.374 e. The maximum absolute atomic E-state index is 11.7. The maximum atomic E-state index is 11.7. The zero-order valence-corrected chi connectivity index (χ0v) is 11.3. The van der Waals surface area contributed by atoms with Gasteiger partial charge in [0.25, 0.3) is 0 Å². The Kier molecular flexibility index (Phi) is 3.49. The Morgan fingerprint density at radius 3 is 2.29 bits per heavy atom. The van der Waals surface area contributed by atoms with Crippen molar-refractivity contribution in [3.8, 4) is 0 Å². The third-order valence-corrected chi connectivity index (χ3v) is 7.35. The summed E-state index contributed by atoms with van der Waals surface area (Å²) in [7, 11) is -7.08. The first-order chi connectivity index (χ1) is 7.88. The summed E-state index contributed by atoms with van der Waals surface area (Å²) in [4.78, 5) is 2.06. The molecule has 0 saturated carbocycles. The van der Waals surface area contributed by atoms with Crippen LogP contribution in [0, 0.1) is 0 Å².